The SMILES string of the molecule is FC(F)(F)c1ccc2nccc(N/N=C/c3cccc(Cl)c3)c2c1. The standard InChI is InChI=1S/C17H11ClF3N3/c18-13-3-1-2-11(8-13)10-23-24-16-6-7-22-15-5-4-12(9-14(15)16)17(19,20)21/h1-10H,(H,22,24)/b23-10+. The molecule has 0 fully saturated rings. The van der Waals surface area contributed by atoms with Crippen molar-refractivity contribution >= 4 is 34.4 Å². The van der Waals surface area contributed by atoms with Gasteiger partial charge in [-0.3, -0.25) is 10.4 Å². The van der Waals surface area contributed by atoms with Crippen molar-refractivity contribution in [1.82, 2.24) is 4.98 Å². The molecule has 0 unspecified atom stereocenters. The van der Waals surface area contributed by atoms with Gasteiger partial charge in [0.1, 0.15) is 0 Å². The second-order valence-electron chi connectivity index (χ2n) is 5.01. The van der Waals surface area contributed by atoms with Gasteiger partial charge in [-0.15, -0.1) is 0 Å². The van der Waals surface area contributed by atoms with Crippen molar-refractivity contribution < 1.29 is 13.2 Å². The molecule has 24 heavy (non-hydrogen) atoms. The number of nitrogens with one attached hydrogen (secondary N) is 1. The topological polar surface area (TPSA) is 37.3 Å². The zero-order valence-electron chi connectivity index (χ0n) is 12.2. The zero-order valence-corrected chi connectivity index (χ0v) is 12.9. The second-order valence-corrected chi connectivity index (χ2v) is 5.45. The van der Waals surface area contributed by atoms with Gasteiger partial charge in [0, 0.05) is 16.6 Å². The fourth-order valence-corrected chi connectivity index (χ4v) is 2.38. The van der Waals surface area contributed by atoms with Gasteiger partial charge < -0.3 is 0 Å². The van der Waals surface area contributed by atoms with Crippen LogP contribution in [0.3, 0.4) is 0 Å². The number of aromatic nitrogens is 1. The van der Waals surface area contributed by atoms with E-state index in [1.54, 1.807) is 24.3 Å². The number of nitrogens with zero attached hydrogens (tertiary/aromatic N) is 2. The lowest BCUT2D eigenvalue weighted by atomic mass is 10.1. The molecule has 0 aliphatic rings. The molecule has 0 saturated carbocycles. The van der Waals surface area contributed by atoms with Crippen LogP contribution < -0.4 is 5.43 Å². The molecule has 0 atom stereocenters. The van der Waals surface area contributed by atoms with E-state index in [1.807, 2.05) is 6.07 Å². The first-order valence-electron chi connectivity index (χ1n) is 6.94. The summed E-state index contributed by atoms with van der Waals surface area (Å²) in [6, 6.07) is 12.0. The van der Waals surface area contributed by atoms with Gasteiger partial charge in [0.05, 0.1) is 23.0 Å². The third-order valence-electron chi connectivity index (χ3n) is 3.32. The number of hydrogen-bond donors (Lipinski definition) is 1. The maximum atomic E-state index is 12.9. The molecule has 1 aromatic heterocycles. The number of halogens is 4. The Balaban J connectivity index is 1.91. The molecule has 1 N–H and O–H groups in total. The summed E-state index contributed by atoms with van der Waals surface area (Å²) >= 11 is 5.88. The molecule has 0 aliphatic carbocycles. The minimum atomic E-state index is -4.41. The van der Waals surface area contributed by atoms with Crippen LogP contribution in [0.4, 0.5) is 18.9 Å². The van der Waals surface area contributed by atoms with Crippen molar-refractivity contribution in [2.45, 2.75) is 6.18 Å². The molecule has 3 aromatic rings. The molecule has 0 bridgehead atoms. The number of anilines is 1. The lowest BCUT2D eigenvalue weighted by Gasteiger charge is -2.10. The van der Waals surface area contributed by atoms with E-state index < -0.39 is 11.7 Å². The average molecular weight is 350 g/mol. The Bertz CT molecular complexity index is 907. The van der Waals surface area contributed by atoms with Crippen molar-refractivity contribution in [3.8, 4) is 0 Å². The zero-order chi connectivity index (χ0) is 17.2. The molecule has 7 heteroatoms. The summed E-state index contributed by atoms with van der Waals surface area (Å²) in [5.41, 5.74) is 3.67. The third-order valence-corrected chi connectivity index (χ3v) is 3.55. The third kappa shape index (κ3) is 3.65. The lowest BCUT2D eigenvalue weighted by molar-refractivity contribution is -0.137. The Kier molecular flexibility index (Phi) is 4.40. The Hall–Kier alpha value is -2.60. The monoisotopic (exact) mass is 349 g/mol. The fourth-order valence-electron chi connectivity index (χ4n) is 2.18. The Morgan fingerprint density at radius 1 is 1.08 bits per heavy atom. The Morgan fingerprint density at radius 2 is 1.92 bits per heavy atom. The molecule has 2 aromatic carbocycles. The van der Waals surface area contributed by atoms with Crippen molar-refractivity contribution in [3.05, 3.63) is 70.9 Å². The number of hydrazone groups is 1. The highest BCUT2D eigenvalue weighted by atomic mass is 35.5. The van der Waals surface area contributed by atoms with E-state index >= 15 is 0 Å². The first-order chi connectivity index (χ1) is 11.4. The summed E-state index contributed by atoms with van der Waals surface area (Å²) in [5.74, 6) is 0. The van der Waals surface area contributed by atoms with Crippen LogP contribution in [0.25, 0.3) is 10.9 Å². The molecule has 0 aliphatic heterocycles. The molecule has 3 rings (SSSR count). The number of rotatable bonds is 3. The smallest absolute Gasteiger partial charge is 0.278 e. The van der Waals surface area contributed by atoms with Crippen LogP contribution >= 0.6 is 11.6 Å². The highest BCUT2D eigenvalue weighted by molar-refractivity contribution is 6.30. The van der Waals surface area contributed by atoms with E-state index in [9.17, 15) is 13.2 Å². The molecule has 0 saturated heterocycles. The van der Waals surface area contributed by atoms with Crippen LogP contribution in [0.5, 0.6) is 0 Å². The first-order valence-corrected chi connectivity index (χ1v) is 7.32. The van der Waals surface area contributed by atoms with E-state index in [4.69, 9.17) is 11.6 Å². The fraction of sp³-hybridized carbons (Fsp3) is 0.0588. The molecular weight excluding hydrogens is 339 g/mol. The van der Waals surface area contributed by atoms with Gasteiger partial charge in [0.2, 0.25) is 0 Å². The summed E-state index contributed by atoms with van der Waals surface area (Å²) < 4.78 is 38.6. The van der Waals surface area contributed by atoms with Crippen molar-refractivity contribution in [1.29, 1.82) is 0 Å². The molecule has 0 radical (unpaired) electrons. The maximum Gasteiger partial charge on any atom is 0.416 e. The van der Waals surface area contributed by atoms with Crippen LogP contribution in [-0.4, -0.2) is 11.2 Å². The predicted octanol–water partition coefficient (Wildman–Crippen LogP) is 5.35. The lowest BCUT2D eigenvalue weighted by Crippen LogP contribution is -2.04. The number of fused-ring (bicyclic) bond motifs is 1. The van der Waals surface area contributed by atoms with E-state index in [0.717, 1.165) is 17.7 Å². The van der Waals surface area contributed by atoms with E-state index in [0.29, 0.717) is 21.6 Å². The molecule has 3 nitrogen and oxygen atoms in total. The minimum absolute atomic E-state index is 0.343. The van der Waals surface area contributed by atoms with E-state index in [-0.39, 0.29) is 0 Å². The molecule has 0 spiro atoms. The summed E-state index contributed by atoms with van der Waals surface area (Å²) in [4.78, 5) is 4.07. The largest absolute Gasteiger partial charge is 0.416 e. The number of benzene rings is 2. The molecule has 122 valence electrons. The van der Waals surface area contributed by atoms with Gasteiger partial charge in [0.25, 0.3) is 0 Å². The van der Waals surface area contributed by atoms with Crippen LogP contribution in [0, 0.1) is 0 Å². The highest BCUT2D eigenvalue weighted by Crippen LogP contribution is 2.33. The highest BCUT2D eigenvalue weighted by Gasteiger charge is 2.30. The number of alkyl halides is 3. The summed E-state index contributed by atoms with van der Waals surface area (Å²) in [6.45, 7) is 0. The predicted molar refractivity (Wildman–Crippen MR) is 89.4 cm³/mol. The van der Waals surface area contributed by atoms with Gasteiger partial charge in [-0.2, -0.15) is 18.3 Å². The van der Waals surface area contributed by atoms with Crippen LogP contribution in [0.2, 0.25) is 5.02 Å². The van der Waals surface area contributed by atoms with Gasteiger partial charge in [0.15, 0.2) is 0 Å². The van der Waals surface area contributed by atoms with Crippen molar-refractivity contribution in [2.75, 3.05) is 5.43 Å². The minimum Gasteiger partial charge on any atom is -0.278 e. The average Bonchev–Trinajstić information content (AvgIpc) is 2.54. The Morgan fingerprint density at radius 3 is 2.67 bits per heavy atom. The maximum absolute atomic E-state index is 12.9. The normalized spacial score (nSPS) is 12.0. The number of pyridine rings is 1. The van der Waals surface area contributed by atoms with Crippen molar-refractivity contribution in [2.24, 2.45) is 5.10 Å². The van der Waals surface area contributed by atoms with Gasteiger partial charge in [-0.1, -0.05) is 23.7 Å². The van der Waals surface area contributed by atoms with Crippen molar-refractivity contribution in [3.63, 3.8) is 0 Å². The van der Waals surface area contributed by atoms with Gasteiger partial charge >= 0.3 is 6.18 Å². The first kappa shape index (κ1) is 16.3. The van der Waals surface area contributed by atoms with E-state index in [1.165, 1.54) is 18.5 Å². The molecule has 1 heterocycles. The summed E-state index contributed by atoms with van der Waals surface area (Å²) in [6.07, 6.45) is -1.37. The molecule has 0 amide bonds. The Labute approximate surface area is 140 Å². The van der Waals surface area contributed by atoms with Crippen LogP contribution in [0.1, 0.15) is 11.1 Å². The van der Waals surface area contributed by atoms with Gasteiger partial charge in [-0.25, -0.2) is 0 Å². The van der Waals surface area contributed by atoms with E-state index in [2.05, 4.69) is 15.5 Å². The van der Waals surface area contributed by atoms with Gasteiger partial charge in [-0.05, 0) is 42.0 Å². The summed E-state index contributed by atoms with van der Waals surface area (Å²) in [5, 5.41) is 4.97. The second kappa shape index (κ2) is 6.49. The van der Waals surface area contributed by atoms with Crippen LogP contribution in [-0.2, 0) is 6.18 Å². The molecular formula is C17H11ClF3N3. The number of hydrogen-bond acceptors (Lipinski definition) is 3. The summed E-state index contributed by atoms with van der Waals surface area (Å²) in [7, 11) is 0. The quantitative estimate of drug-likeness (QED) is 0.511. The van der Waals surface area contributed by atoms with Crippen LogP contribution in [0.15, 0.2) is 59.8 Å².